The zero-order chi connectivity index (χ0) is 13.1. The van der Waals surface area contributed by atoms with Crippen molar-refractivity contribution in [3.05, 3.63) is 0 Å². The van der Waals surface area contributed by atoms with Gasteiger partial charge in [0.2, 0.25) is 5.91 Å². The standard InChI is InChI=1S/C10H15F3N2O2/c1-2-8(16)14-7-3-5-15(6-4-7)9(17)10(11,12)13/h7H,2-6H2,1H3,(H,14,16). The number of likely N-dealkylation sites (tertiary alicyclic amines) is 1. The summed E-state index contributed by atoms with van der Waals surface area (Å²) in [7, 11) is 0. The fourth-order valence-corrected chi connectivity index (χ4v) is 1.74. The molecule has 1 aliphatic rings. The number of hydrogen-bond donors (Lipinski definition) is 1. The molecule has 0 spiro atoms. The number of nitrogens with zero attached hydrogens (tertiary/aromatic N) is 1. The van der Waals surface area contributed by atoms with Crippen LogP contribution in [0.4, 0.5) is 13.2 Å². The molecule has 7 heteroatoms. The molecule has 4 nitrogen and oxygen atoms in total. The van der Waals surface area contributed by atoms with Crippen LogP contribution in [0, 0.1) is 0 Å². The van der Waals surface area contributed by atoms with E-state index < -0.39 is 12.1 Å². The normalized spacial score (nSPS) is 18.0. The Kier molecular flexibility index (Phi) is 4.36. The largest absolute Gasteiger partial charge is 0.471 e. The summed E-state index contributed by atoms with van der Waals surface area (Å²) in [6, 6.07) is -0.125. The van der Waals surface area contributed by atoms with E-state index in [-0.39, 0.29) is 25.0 Å². The van der Waals surface area contributed by atoms with E-state index in [0.29, 0.717) is 19.3 Å². The first-order valence-corrected chi connectivity index (χ1v) is 5.50. The molecule has 1 saturated heterocycles. The topological polar surface area (TPSA) is 49.4 Å². The van der Waals surface area contributed by atoms with E-state index in [4.69, 9.17) is 0 Å². The molecule has 1 rings (SSSR count). The summed E-state index contributed by atoms with van der Waals surface area (Å²) >= 11 is 0. The molecule has 1 fully saturated rings. The van der Waals surface area contributed by atoms with Gasteiger partial charge in [-0.25, -0.2) is 0 Å². The van der Waals surface area contributed by atoms with Gasteiger partial charge in [0.05, 0.1) is 0 Å². The predicted octanol–water partition coefficient (Wildman–Crippen LogP) is 1.07. The van der Waals surface area contributed by atoms with Gasteiger partial charge in [-0.15, -0.1) is 0 Å². The van der Waals surface area contributed by atoms with Crippen LogP contribution in [0.3, 0.4) is 0 Å². The van der Waals surface area contributed by atoms with Crippen molar-refractivity contribution < 1.29 is 22.8 Å². The van der Waals surface area contributed by atoms with Crippen molar-refractivity contribution in [2.75, 3.05) is 13.1 Å². The Labute approximate surface area is 97.1 Å². The zero-order valence-corrected chi connectivity index (χ0v) is 9.51. The Morgan fingerprint density at radius 3 is 2.24 bits per heavy atom. The summed E-state index contributed by atoms with van der Waals surface area (Å²) in [4.78, 5) is 22.8. The zero-order valence-electron chi connectivity index (χ0n) is 9.51. The Hall–Kier alpha value is -1.27. The van der Waals surface area contributed by atoms with Crippen LogP contribution < -0.4 is 5.32 Å². The highest BCUT2D eigenvalue weighted by Crippen LogP contribution is 2.21. The van der Waals surface area contributed by atoms with Gasteiger partial charge in [0, 0.05) is 25.6 Å². The smallest absolute Gasteiger partial charge is 0.353 e. The average molecular weight is 252 g/mol. The second kappa shape index (κ2) is 5.37. The lowest BCUT2D eigenvalue weighted by Crippen LogP contribution is -2.49. The monoisotopic (exact) mass is 252 g/mol. The first-order chi connectivity index (χ1) is 7.84. The number of halogens is 3. The molecule has 1 N–H and O–H groups in total. The molecule has 0 saturated carbocycles. The maximum atomic E-state index is 12.1. The number of carbonyl (C=O) groups excluding carboxylic acids is 2. The van der Waals surface area contributed by atoms with Gasteiger partial charge in [-0.1, -0.05) is 6.92 Å². The number of piperidine rings is 1. The molecule has 17 heavy (non-hydrogen) atoms. The van der Waals surface area contributed by atoms with Gasteiger partial charge in [-0.2, -0.15) is 13.2 Å². The van der Waals surface area contributed by atoms with Crippen LogP contribution in [0.2, 0.25) is 0 Å². The molecule has 98 valence electrons. The molecule has 0 aromatic carbocycles. The van der Waals surface area contributed by atoms with Gasteiger partial charge in [0.25, 0.3) is 0 Å². The van der Waals surface area contributed by atoms with Crippen molar-refractivity contribution >= 4 is 11.8 Å². The Bertz CT molecular complexity index is 296. The molecule has 0 atom stereocenters. The third-order valence-electron chi connectivity index (χ3n) is 2.71. The van der Waals surface area contributed by atoms with Crippen LogP contribution in [-0.4, -0.2) is 42.0 Å². The molecule has 0 bridgehead atoms. The van der Waals surface area contributed by atoms with Crippen LogP contribution in [0.15, 0.2) is 0 Å². The summed E-state index contributed by atoms with van der Waals surface area (Å²) in [6.45, 7) is 1.78. The molecule has 0 radical (unpaired) electrons. The summed E-state index contributed by atoms with van der Waals surface area (Å²) in [5, 5.41) is 2.71. The minimum Gasteiger partial charge on any atom is -0.353 e. The van der Waals surface area contributed by atoms with Gasteiger partial charge in [0.15, 0.2) is 0 Å². The van der Waals surface area contributed by atoms with Crippen LogP contribution in [0.5, 0.6) is 0 Å². The summed E-state index contributed by atoms with van der Waals surface area (Å²) in [5.41, 5.74) is 0. The molecule has 0 aliphatic carbocycles. The van der Waals surface area contributed by atoms with Crippen LogP contribution in [-0.2, 0) is 9.59 Å². The second-order valence-corrected chi connectivity index (χ2v) is 3.99. The Morgan fingerprint density at radius 1 is 1.29 bits per heavy atom. The second-order valence-electron chi connectivity index (χ2n) is 3.99. The number of amides is 2. The number of carbonyl (C=O) groups is 2. The highest BCUT2D eigenvalue weighted by molar-refractivity contribution is 5.82. The lowest BCUT2D eigenvalue weighted by molar-refractivity contribution is -0.186. The van der Waals surface area contributed by atoms with E-state index in [9.17, 15) is 22.8 Å². The van der Waals surface area contributed by atoms with Crippen LogP contribution in [0.1, 0.15) is 26.2 Å². The van der Waals surface area contributed by atoms with Gasteiger partial charge < -0.3 is 10.2 Å². The lowest BCUT2D eigenvalue weighted by Gasteiger charge is -2.32. The van der Waals surface area contributed by atoms with Crippen molar-refractivity contribution in [2.24, 2.45) is 0 Å². The fraction of sp³-hybridized carbons (Fsp3) is 0.800. The third kappa shape index (κ3) is 3.90. The van der Waals surface area contributed by atoms with Gasteiger partial charge in [-0.3, -0.25) is 9.59 Å². The van der Waals surface area contributed by atoms with E-state index in [0.717, 1.165) is 4.90 Å². The number of alkyl halides is 3. The van der Waals surface area contributed by atoms with Gasteiger partial charge in [-0.05, 0) is 12.8 Å². The Balaban J connectivity index is 2.41. The molecule has 1 aliphatic heterocycles. The predicted molar refractivity (Wildman–Crippen MR) is 54.1 cm³/mol. The first kappa shape index (κ1) is 13.8. The number of hydrogen-bond acceptors (Lipinski definition) is 2. The SMILES string of the molecule is CCC(=O)NC1CCN(C(=O)C(F)(F)F)CC1. The minimum absolute atomic E-state index is 0.0347. The fourth-order valence-electron chi connectivity index (χ4n) is 1.74. The highest BCUT2D eigenvalue weighted by atomic mass is 19.4. The van der Waals surface area contributed by atoms with Crippen molar-refractivity contribution in [3.63, 3.8) is 0 Å². The van der Waals surface area contributed by atoms with Crippen LogP contribution in [0.25, 0.3) is 0 Å². The maximum Gasteiger partial charge on any atom is 0.471 e. The van der Waals surface area contributed by atoms with Crippen molar-refractivity contribution in [1.82, 2.24) is 10.2 Å². The summed E-state index contributed by atoms with van der Waals surface area (Å²) in [6.07, 6.45) is -3.72. The number of rotatable bonds is 2. The van der Waals surface area contributed by atoms with Crippen molar-refractivity contribution in [3.8, 4) is 0 Å². The quantitative estimate of drug-likeness (QED) is 0.799. The van der Waals surface area contributed by atoms with E-state index in [1.165, 1.54) is 0 Å². The number of nitrogens with one attached hydrogen (secondary N) is 1. The lowest BCUT2D eigenvalue weighted by atomic mass is 10.0. The van der Waals surface area contributed by atoms with Crippen molar-refractivity contribution in [1.29, 1.82) is 0 Å². The van der Waals surface area contributed by atoms with Gasteiger partial charge >= 0.3 is 12.1 Å². The van der Waals surface area contributed by atoms with Gasteiger partial charge in [0.1, 0.15) is 0 Å². The van der Waals surface area contributed by atoms with E-state index in [1.807, 2.05) is 0 Å². The third-order valence-corrected chi connectivity index (χ3v) is 2.71. The molecule has 0 aromatic rings. The van der Waals surface area contributed by atoms with Crippen LogP contribution >= 0.6 is 0 Å². The molecule has 0 unspecified atom stereocenters. The molecule has 0 aromatic heterocycles. The van der Waals surface area contributed by atoms with E-state index >= 15 is 0 Å². The molecular weight excluding hydrogens is 237 g/mol. The summed E-state index contributed by atoms with van der Waals surface area (Å²) < 4.78 is 36.4. The first-order valence-electron chi connectivity index (χ1n) is 5.50. The maximum absolute atomic E-state index is 12.1. The minimum atomic E-state index is -4.81. The molecular formula is C10H15F3N2O2. The molecule has 2 amide bonds. The molecule has 1 heterocycles. The summed E-state index contributed by atoms with van der Waals surface area (Å²) in [5.74, 6) is -1.91. The average Bonchev–Trinajstić information content (AvgIpc) is 2.27. The van der Waals surface area contributed by atoms with Crippen molar-refractivity contribution in [2.45, 2.75) is 38.4 Å². The van der Waals surface area contributed by atoms with E-state index in [1.54, 1.807) is 6.92 Å². The Morgan fingerprint density at radius 2 is 1.82 bits per heavy atom. The van der Waals surface area contributed by atoms with E-state index in [2.05, 4.69) is 5.32 Å². The highest BCUT2D eigenvalue weighted by Gasteiger charge is 2.43.